The fourth-order valence-corrected chi connectivity index (χ4v) is 2.66. The summed E-state index contributed by atoms with van der Waals surface area (Å²) in [5.41, 5.74) is 2.93. The second kappa shape index (κ2) is 6.46. The standard InChI is InChI=1S/C16H17Cl2NO2/c1-9-4-5-15(21-3)12(6-9)10(2)19-11-7-13(17)16(20)14(18)8-11/h4-8,10,19-20H,1-3H3. The van der Waals surface area contributed by atoms with Crippen molar-refractivity contribution in [3.8, 4) is 11.5 Å². The van der Waals surface area contributed by atoms with E-state index in [9.17, 15) is 5.11 Å². The Bertz CT molecular complexity index is 636. The Morgan fingerprint density at radius 3 is 2.33 bits per heavy atom. The van der Waals surface area contributed by atoms with Crippen molar-refractivity contribution < 1.29 is 9.84 Å². The third-order valence-corrected chi connectivity index (χ3v) is 3.83. The summed E-state index contributed by atoms with van der Waals surface area (Å²) < 4.78 is 5.39. The number of phenolic OH excluding ortho intramolecular Hbond substituents is 1. The van der Waals surface area contributed by atoms with E-state index in [0.717, 1.165) is 22.6 Å². The summed E-state index contributed by atoms with van der Waals surface area (Å²) in [7, 11) is 1.65. The van der Waals surface area contributed by atoms with E-state index in [0.29, 0.717) is 0 Å². The van der Waals surface area contributed by atoms with Gasteiger partial charge in [0.25, 0.3) is 0 Å². The van der Waals surface area contributed by atoms with Crippen LogP contribution in [0.4, 0.5) is 5.69 Å². The van der Waals surface area contributed by atoms with Crippen molar-refractivity contribution in [2.45, 2.75) is 19.9 Å². The number of phenols is 1. The van der Waals surface area contributed by atoms with Crippen molar-refractivity contribution in [1.29, 1.82) is 0 Å². The number of methoxy groups -OCH3 is 1. The number of anilines is 1. The monoisotopic (exact) mass is 325 g/mol. The summed E-state index contributed by atoms with van der Waals surface area (Å²) in [5.74, 6) is 0.709. The Labute approximate surface area is 134 Å². The Balaban J connectivity index is 2.30. The van der Waals surface area contributed by atoms with Crippen LogP contribution in [0.25, 0.3) is 0 Å². The fourth-order valence-electron chi connectivity index (χ4n) is 2.17. The van der Waals surface area contributed by atoms with E-state index in [2.05, 4.69) is 11.4 Å². The van der Waals surface area contributed by atoms with E-state index >= 15 is 0 Å². The number of ether oxygens (including phenoxy) is 1. The fraction of sp³-hybridized carbons (Fsp3) is 0.250. The van der Waals surface area contributed by atoms with Crippen molar-refractivity contribution >= 4 is 28.9 Å². The lowest BCUT2D eigenvalue weighted by Gasteiger charge is -2.19. The minimum Gasteiger partial charge on any atom is -0.505 e. The van der Waals surface area contributed by atoms with E-state index in [4.69, 9.17) is 27.9 Å². The van der Waals surface area contributed by atoms with Crippen LogP contribution >= 0.6 is 23.2 Å². The number of nitrogens with one attached hydrogen (secondary N) is 1. The van der Waals surface area contributed by atoms with Crippen LogP contribution in [0, 0.1) is 6.92 Å². The van der Waals surface area contributed by atoms with Crippen molar-refractivity contribution in [1.82, 2.24) is 0 Å². The summed E-state index contributed by atoms with van der Waals surface area (Å²) in [6.45, 7) is 4.05. The molecule has 2 aromatic rings. The molecule has 1 unspecified atom stereocenters. The summed E-state index contributed by atoms with van der Waals surface area (Å²) in [4.78, 5) is 0. The van der Waals surface area contributed by atoms with Crippen molar-refractivity contribution in [3.63, 3.8) is 0 Å². The highest BCUT2D eigenvalue weighted by molar-refractivity contribution is 6.37. The van der Waals surface area contributed by atoms with Gasteiger partial charge in [0, 0.05) is 11.3 Å². The minimum absolute atomic E-state index is 0.00322. The highest BCUT2D eigenvalue weighted by Crippen LogP contribution is 2.36. The zero-order valence-corrected chi connectivity index (χ0v) is 13.6. The molecule has 0 aliphatic heterocycles. The summed E-state index contributed by atoms with van der Waals surface area (Å²) in [5, 5.41) is 13.3. The van der Waals surface area contributed by atoms with Crippen LogP contribution in [-0.2, 0) is 0 Å². The van der Waals surface area contributed by atoms with Crippen molar-refractivity contribution in [3.05, 3.63) is 51.5 Å². The van der Waals surface area contributed by atoms with Crippen LogP contribution < -0.4 is 10.1 Å². The number of hydrogen-bond donors (Lipinski definition) is 2. The average molecular weight is 326 g/mol. The Morgan fingerprint density at radius 1 is 1.14 bits per heavy atom. The molecule has 0 saturated heterocycles. The molecule has 0 fully saturated rings. The van der Waals surface area contributed by atoms with E-state index in [-0.39, 0.29) is 21.8 Å². The molecule has 0 aromatic heterocycles. The van der Waals surface area contributed by atoms with Gasteiger partial charge in [0.1, 0.15) is 5.75 Å². The molecule has 2 rings (SSSR count). The van der Waals surface area contributed by atoms with E-state index in [1.165, 1.54) is 0 Å². The maximum atomic E-state index is 9.59. The third kappa shape index (κ3) is 3.55. The van der Waals surface area contributed by atoms with Gasteiger partial charge >= 0.3 is 0 Å². The zero-order valence-electron chi connectivity index (χ0n) is 12.1. The first kappa shape index (κ1) is 15.8. The first-order chi connectivity index (χ1) is 9.92. The number of benzene rings is 2. The van der Waals surface area contributed by atoms with Crippen LogP contribution in [0.1, 0.15) is 24.1 Å². The molecule has 2 N–H and O–H groups in total. The molecular formula is C16H17Cl2NO2. The molecule has 0 spiro atoms. The highest BCUT2D eigenvalue weighted by atomic mass is 35.5. The first-order valence-corrected chi connectivity index (χ1v) is 7.27. The number of halogens is 2. The lowest BCUT2D eigenvalue weighted by molar-refractivity contribution is 0.408. The molecule has 21 heavy (non-hydrogen) atoms. The molecule has 1 atom stereocenters. The number of aryl methyl sites for hydroxylation is 1. The van der Waals surface area contributed by atoms with Gasteiger partial charge in [0.05, 0.1) is 23.2 Å². The van der Waals surface area contributed by atoms with Crippen LogP contribution in [0.5, 0.6) is 11.5 Å². The molecular weight excluding hydrogens is 309 g/mol. The van der Waals surface area contributed by atoms with Gasteiger partial charge in [-0.3, -0.25) is 0 Å². The largest absolute Gasteiger partial charge is 0.505 e. The maximum Gasteiger partial charge on any atom is 0.152 e. The summed E-state index contributed by atoms with van der Waals surface area (Å²) >= 11 is 11.9. The van der Waals surface area contributed by atoms with Crippen molar-refractivity contribution in [2.75, 3.05) is 12.4 Å². The molecule has 0 aliphatic rings. The minimum atomic E-state index is -0.107. The summed E-state index contributed by atoms with van der Waals surface area (Å²) in [6.07, 6.45) is 0. The molecule has 2 aromatic carbocycles. The van der Waals surface area contributed by atoms with Gasteiger partial charge < -0.3 is 15.2 Å². The topological polar surface area (TPSA) is 41.5 Å². The molecule has 0 bridgehead atoms. The lowest BCUT2D eigenvalue weighted by Crippen LogP contribution is -2.08. The molecule has 0 heterocycles. The third-order valence-electron chi connectivity index (χ3n) is 3.25. The Kier molecular flexibility index (Phi) is 4.86. The lowest BCUT2D eigenvalue weighted by atomic mass is 10.0. The number of rotatable bonds is 4. The number of hydrogen-bond acceptors (Lipinski definition) is 3. The van der Waals surface area contributed by atoms with Crippen LogP contribution in [-0.4, -0.2) is 12.2 Å². The normalized spacial score (nSPS) is 12.0. The average Bonchev–Trinajstić information content (AvgIpc) is 2.44. The van der Waals surface area contributed by atoms with Crippen LogP contribution in [0.15, 0.2) is 30.3 Å². The Morgan fingerprint density at radius 2 is 1.76 bits per heavy atom. The van der Waals surface area contributed by atoms with E-state index < -0.39 is 0 Å². The number of aromatic hydroxyl groups is 1. The molecule has 0 saturated carbocycles. The second-order valence-electron chi connectivity index (χ2n) is 4.90. The van der Waals surface area contributed by atoms with Crippen molar-refractivity contribution in [2.24, 2.45) is 0 Å². The van der Waals surface area contributed by atoms with Gasteiger partial charge in [-0.05, 0) is 32.0 Å². The molecule has 0 aliphatic carbocycles. The zero-order chi connectivity index (χ0) is 15.6. The van der Waals surface area contributed by atoms with Gasteiger partial charge in [-0.25, -0.2) is 0 Å². The predicted octanol–water partition coefficient (Wildman–Crippen LogP) is 5.19. The van der Waals surface area contributed by atoms with Crippen LogP contribution in [0.2, 0.25) is 10.0 Å². The SMILES string of the molecule is COc1ccc(C)cc1C(C)Nc1cc(Cl)c(O)c(Cl)c1. The predicted molar refractivity (Wildman–Crippen MR) is 87.9 cm³/mol. The second-order valence-corrected chi connectivity index (χ2v) is 5.71. The van der Waals surface area contributed by atoms with Gasteiger partial charge in [-0.2, -0.15) is 0 Å². The van der Waals surface area contributed by atoms with Gasteiger partial charge in [0.2, 0.25) is 0 Å². The van der Waals surface area contributed by atoms with E-state index in [1.54, 1.807) is 19.2 Å². The van der Waals surface area contributed by atoms with E-state index in [1.807, 2.05) is 26.0 Å². The van der Waals surface area contributed by atoms with Gasteiger partial charge in [-0.1, -0.05) is 40.9 Å². The van der Waals surface area contributed by atoms with Gasteiger partial charge in [-0.15, -0.1) is 0 Å². The maximum absolute atomic E-state index is 9.59. The molecule has 3 nitrogen and oxygen atoms in total. The Hall–Kier alpha value is -1.58. The van der Waals surface area contributed by atoms with Crippen LogP contribution in [0.3, 0.4) is 0 Å². The quantitative estimate of drug-likeness (QED) is 0.760. The molecule has 5 heteroatoms. The summed E-state index contributed by atoms with van der Waals surface area (Å²) in [6, 6.07) is 9.29. The highest BCUT2D eigenvalue weighted by Gasteiger charge is 2.13. The molecule has 0 radical (unpaired) electrons. The molecule has 112 valence electrons. The first-order valence-electron chi connectivity index (χ1n) is 6.51. The van der Waals surface area contributed by atoms with Gasteiger partial charge in [0.15, 0.2) is 5.75 Å². The smallest absolute Gasteiger partial charge is 0.152 e. The molecule has 0 amide bonds.